The molecule has 0 saturated heterocycles. The molecule has 0 unspecified atom stereocenters. The van der Waals surface area contributed by atoms with Crippen LogP contribution >= 0.6 is 0 Å². The first-order valence-electron chi connectivity index (χ1n) is 4.90. The molecule has 0 saturated carbocycles. The van der Waals surface area contributed by atoms with E-state index in [1.165, 1.54) is 5.57 Å². The molecule has 0 amide bonds. The molecule has 3 heteroatoms. The molecule has 3 nitrogen and oxygen atoms in total. The minimum atomic E-state index is 0.815. The van der Waals surface area contributed by atoms with Crippen LogP contribution < -0.4 is 5.32 Å². The van der Waals surface area contributed by atoms with E-state index in [1.807, 2.05) is 13.0 Å². The highest BCUT2D eigenvalue weighted by molar-refractivity contribution is 5.48. The average molecular weight is 191 g/mol. The summed E-state index contributed by atoms with van der Waals surface area (Å²) in [5.74, 6) is 0.815. The van der Waals surface area contributed by atoms with Crippen molar-refractivity contribution in [3.63, 3.8) is 0 Å². The van der Waals surface area contributed by atoms with Gasteiger partial charge in [-0.2, -0.15) is 0 Å². The molecule has 0 aliphatic carbocycles. The van der Waals surface area contributed by atoms with Gasteiger partial charge in [0.15, 0.2) is 0 Å². The number of aryl methyl sites for hydroxylation is 1. The molecule has 1 heterocycles. The smallest absolute Gasteiger partial charge is 0.125 e. The zero-order valence-electron chi connectivity index (χ0n) is 9.04. The summed E-state index contributed by atoms with van der Waals surface area (Å²) in [6, 6.07) is 1.92. The number of hydrogen-bond donors (Lipinski definition) is 1. The molecule has 76 valence electrons. The molecule has 14 heavy (non-hydrogen) atoms. The van der Waals surface area contributed by atoms with E-state index in [1.54, 1.807) is 6.20 Å². The van der Waals surface area contributed by atoms with E-state index >= 15 is 0 Å². The lowest BCUT2D eigenvalue weighted by Gasteiger charge is -2.01. The third kappa shape index (κ3) is 3.66. The average Bonchev–Trinajstić information content (AvgIpc) is 2.15. The van der Waals surface area contributed by atoms with Crippen molar-refractivity contribution in [2.45, 2.75) is 20.8 Å². The predicted molar refractivity (Wildman–Crippen MR) is 59.0 cm³/mol. The first-order chi connectivity index (χ1) is 6.72. The first kappa shape index (κ1) is 10.9. The monoisotopic (exact) mass is 191 g/mol. The van der Waals surface area contributed by atoms with Crippen molar-refractivity contribution in [3.8, 4) is 0 Å². The quantitative estimate of drug-likeness (QED) is 0.788. The summed E-state index contributed by atoms with van der Waals surface area (Å²) in [6.07, 6.45) is 3.87. The topological polar surface area (TPSA) is 37.8 Å². The SMILES string of the molecule is CCNC/C(C)=C/c1ccnc(C)n1. The Morgan fingerprint density at radius 2 is 2.36 bits per heavy atom. The van der Waals surface area contributed by atoms with Crippen LogP contribution in [0.3, 0.4) is 0 Å². The molecule has 0 spiro atoms. The molecular weight excluding hydrogens is 174 g/mol. The second-order valence-electron chi connectivity index (χ2n) is 3.30. The van der Waals surface area contributed by atoms with Crippen molar-refractivity contribution in [3.05, 3.63) is 29.4 Å². The van der Waals surface area contributed by atoms with Crippen LogP contribution in [-0.2, 0) is 0 Å². The van der Waals surface area contributed by atoms with Crippen LogP contribution in [0.1, 0.15) is 25.4 Å². The van der Waals surface area contributed by atoms with Crippen LogP contribution in [-0.4, -0.2) is 23.1 Å². The molecule has 0 atom stereocenters. The van der Waals surface area contributed by atoms with E-state index in [0.717, 1.165) is 24.6 Å². The number of rotatable bonds is 4. The number of nitrogens with zero attached hydrogens (tertiary/aromatic N) is 2. The third-order valence-corrected chi connectivity index (χ3v) is 1.85. The van der Waals surface area contributed by atoms with Crippen LogP contribution in [0.15, 0.2) is 17.8 Å². The summed E-state index contributed by atoms with van der Waals surface area (Å²) in [5.41, 5.74) is 2.26. The van der Waals surface area contributed by atoms with Gasteiger partial charge in [-0.3, -0.25) is 0 Å². The lowest BCUT2D eigenvalue weighted by Crippen LogP contribution is -2.14. The van der Waals surface area contributed by atoms with Crippen molar-refractivity contribution < 1.29 is 0 Å². The Balaban J connectivity index is 2.66. The van der Waals surface area contributed by atoms with Crippen molar-refractivity contribution >= 4 is 6.08 Å². The summed E-state index contributed by atoms with van der Waals surface area (Å²) < 4.78 is 0. The highest BCUT2D eigenvalue weighted by Crippen LogP contribution is 2.02. The van der Waals surface area contributed by atoms with Gasteiger partial charge in [-0.05, 0) is 32.5 Å². The highest BCUT2D eigenvalue weighted by Gasteiger charge is 1.93. The molecule has 0 bridgehead atoms. The Morgan fingerprint density at radius 3 is 3.00 bits per heavy atom. The lowest BCUT2D eigenvalue weighted by molar-refractivity contribution is 0.778. The molecule has 0 aliphatic rings. The zero-order chi connectivity index (χ0) is 10.4. The Hall–Kier alpha value is -1.22. The third-order valence-electron chi connectivity index (χ3n) is 1.85. The molecule has 0 fully saturated rings. The fraction of sp³-hybridized carbons (Fsp3) is 0.455. The normalized spacial score (nSPS) is 11.8. The summed E-state index contributed by atoms with van der Waals surface area (Å²) in [5, 5.41) is 3.27. The maximum Gasteiger partial charge on any atom is 0.125 e. The minimum absolute atomic E-state index is 0.815. The number of aromatic nitrogens is 2. The largest absolute Gasteiger partial charge is 0.313 e. The summed E-state index contributed by atoms with van der Waals surface area (Å²) >= 11 is 0. The Morgan fingerprint density at radius 1 is 1.57 bits per heavy atom. The van der Waals surface area contributed by atoms with E-state index < -0.39 is 0 Å². The van der Waals surface area contributed by atoms with Gasteiger partial charge >= 0.3 is 0 Å². The van der Waals surface area contributed by atoms with Gasteiger partial charge in [0.25, 0.3) is 0 Å². The van der Waals surface area contributed by atoms with Crippen molar-refractivity contribution in [1.82, 2.24) is 15.3 Å². The van der Waals surface area contributed by atoms with E-state index in [4.69, 9.17) is 0 Å². The molecule has 0 radical (unpaired) electrons. The first-order valence-corrected chi connectivity index (χ1v) is 4.90. The van der Waals surface area contributed by atoms with Crippen LogP contribution in [0.5, 0.6) is 0 Å². The highest BCUT2D eigenvalue weighted by atomic mass is 14.9. The van der Waals surface area contributed by atoms with Gasteiger partial charge in [0.1, 0.15) is 5.82 Å². The van der Waals surface area contributed by atoms with Gasteiger partial charge < -0.3 is 5.32 Å². The number of hydrogen-bond acceptors (Lipinski definition) is 3. The molecule has 1 aromatic rings. The molecule has 0 aromatic carbocycles. The Bertz CT molecular complexity index is 318. The summed E-state index contributed by atoms with van der Waals surface area (Å²) in [6.45, 7) is 8.01. The predicted octanol–water partition coefficient (Wildman–Crippen LogP) is 1.80. The maximum absolute atomic E-state index is 4.31. The van der Waals surface area contributed by atoms with Crippen LogP contribution in [0.25, 0.3) is 6.08 Å². The molecule has 1 N–H and O–H groups in total. The van der Waals surface area contributed by atoms with Gasteiger partial charge in [-0.1, -0.05) is 12.5 Å². The molecular formula is C11H17N3. The lowest BCUT2D eigenvalue weighted by atomic mass is 10.2. The van der Waals surface area contributed by atoms with Gasteiger partial charge in [0, 0.05) is 12.7 Å². The van der Waals surface area contributed by atoms with Crippen LogP contribution in [0.2, 0.25) is 0 Å². The van der Waals surface area contributed by atoms with Crippen molar-refractivity contribution in [2.24, 2.45) is 0 Å². The second kappa shape index (κ2) is 5.50. The van der Waals surface area contributed by atoms with Crippen LogP contribution in [0.4, 0.5) is 0 Å². The summed E-state index contributed by atoms with van der Waals surface area (Å²) in [4.78, 5) is 8.36. The maximum atomic E-state index is 4.31. The van der Waals surface area contributed by atoms with Crippen molar-refractivity contribution in [2.75, 3.05) is 13.1 Å². The summed E-state index contributed by atoms with van der Waals surface area (Å²) in [7, 11) is 0. The second-order valence-corrected chi connectivity index (χ2v) is 3.30. The number of likely N-dealkylation sites (N-methyl/N-ethyl adjacent to an activating group) is 1. The fourth-order valence-corrected chi connectivity index (χ4v) is 1.18. The van der Waals surface area contributed by atoms with E-state index in [-0.39, 0.29) is 0 Å². The fourth-order valence-electron chi connectivity index (χ4n) is 1.18. The molecule has 0 aliphatic heterocycles. The zero-order valence-corrected chi connectivity index (χ0v) is 9.04. The molecule has 1 rings (SSSR count). The van der Waals surface area contributed by atoms with Gasteiger partial charge in [-0.15, -0.1) is 0 Å². The minimum Gasteiger partial charge on any atom is -0.313 e. The Kier molecular flexibility index (Phi) is 4.26. The standard InChI is InChI=1S/C11H17N3/c1-4-12-8-9(2)7-11-5-6-13-10(3)14-11/h5-7,12H,4,8H2,1-3H3/b9-7+. The van der Waals surface area contributed by atoms with Gasteiger partial charge in [0.2, 0.25) is 0 Å². The van der Waals surface area contributed by atoms with Gasteiger partial charge in [-0.25, -0.2) is 9.97 Å². The van der Waals surface area contributed by atoms with E-state index in [2.05, 4.69) is 35.2 Å². The Labute approximate surface area is 85.3 Å². The van der Waals surface area contributed by atoms with E-state index in [9.17, 15) is 0 Å². The van der Waals surface area contributed by atoms with Crippen LogP contribution in [0, 0.1) is 6.92 Å². The van der Waals surface area contributed by atoms with E-state index in [0.29, 0.717) is 0 Å². The van der Waals surface area contributed by atoms with Crippen molar-refractivity contribution in [1.29, 1.82) is 0 Å². The molecule has 1 aromatic heterocycles. The van der Waals surface area contributed by atoms with Gasteiger partial charge in [0.05, 0.1) is 5.69 Å². The number of nitrogens with one attached hydrogen (secondary N) is 1.